The number of benzene rings is 1. The van der Waals surface area contributed by atoms with Crippen molar-refractivity contribution in [2.75, 3.05) is 24.5 Å². The number of fused-ring (bicyclic) bond motifs is 1. The van der Waals surface area contributed by atoms with Crippen LogP contribution in [0.5, 0.6) is 0 Å². The molecular formula is C19H22ClFN4O4. The summed E-state index contributed by atoms with van der Waals surface area (Å²) in [5.41, 5.74) is 6.69. The molecular weight excluding hydrogens is 403 g/mol. The van der Waals surface area contributed by atoms with Crippen LogP contribution >= 0.6 is 12.4 Å². The number of ketones is 1. The predicted molar refractivity (Wildman–Crippen MR) is 109 cm³/mol. The lowest BCUT2D eigenvalue weighted by Gasteiger charge is -2.24. The minimum Gasteiger partial charge on any atom is -0.367 e. The second-order valence-corrected chi connectivity index (χ2v) is 7.65. The van der Waals surface area contributed by atoms with Gasteiger partial charge in [-0.3, -0.25) is 19.7 Å². The van der Waals surface area contributed by atoms with E-state index in [0.717, 1.165) is 25.3 Å². The quantitative estimate of drug-likeness (QED) is 0.447. The Morgan fingerprint density at radius 3 is 2.62 bits per heavy atom. The summed E-state index contributed by atoms with van der Waals surface area (Å²) in [4.78, 5) is 36.9. The van der Waals surface area contributed by atoms with Gasteiger partial charge in [-0.15, -0.1) is 12.4 Å². The van der Waals surface area contributed by atoms with E-state index in [1.165, 1.54) is 6.20 Å². The Bertz CT molecular complexity index is 1070. The second-order valence-electron chi connectivity index (χ2n) is 7.65. The minimum absolute atomic E-state index is 0. The van der Waals surface area contributed by atoms with Crippen molar-refractivity contribution in [2.24, 2.45) is 5.73 Å². The summed E-state index contributed by atoms with van der Waals surface area (Å²) >= 11 is 0. The highest BCUT2D eigenvalue weighted by molar-refractivity contribution is 6.00. The van der Waals surface area contributed by atoms with E-state index in [4.69, 9.17) is 5.73 Å². The Hall–Kier alpha value is -2.52. The molecule has 1 atom stereocenters. The molecule has 2 aromatic rings. The standard InChI is InChI=1S/C19H21FN4O4.ClH/c1-10-17-13(6-15(20)18(10)22-5-4-11(21)7-22)19(26)14(16(25)9-24(27)28)8-23(17)12-2-3-12;/h6,8,11-12H,2-5,7,9,21H2,1H3;1H/t11-;/m1./s1. The van der Waals surface area contributed by atoms with Crippen molar-refractivity contribution in [3.8, 4) is 0 Å². The summed E-state index contributed by atoms with van der Waals surface area (Å²) in [6.45, 7) is 1.98. The van der Waals surface area contributed by atoms with Crippen molar-refractivity contribution in [3.05, 3.63) is 49.5 Å². The molecule has 4 rings (SSSR count). The molecule has 29 heavy (non-hydrogen) atoms. The van der Waals surface area contributed by atoms with Crippen molar-refractivity contribution in [2.45, 2.75) is 38.3 Å². The number of hydrogen-bond donors (Lipinski definition) is 1. The summed E-state index contributed by atoms with van der Waals surface area (Å²) in [6.07, 6.45) is 3.93. The summed E-state index contributed by atoms with van der Waals surface area (Å²) in [7, 11) is 0. The van der Waals surface area contributed by atoms with Gasteiger partial charge in [0.05, 0.1) is 16.8 Å². The first-order valence-electron chi connectivity index (χ1n) is 9.31. The molecule has 1 saturated heterocycles. The van der Waals surface area contributed by atoms with Crippen molar-refractivity contribution in [3.63, 3.8) is 0 Å². The number of anilines is 1. The second kappa shape index (κ2) is 7.72. The molecule has 0 bridgehead atoms. The molecule has 0 radical (unpaired) electrons. The first kappa shape index (κ1) is 21.2. The first-order valence-corrected chi connectivity index (χ1v) is 9.31. The van der Waals surface area contributed by atoms with Crippen LogP contribution in [0.4, 0.5) is 10.1 Å². The van der Waals surface area contributed by atoms with Gasteiger partial charge in [-0.05, 0) is 37.8 Å². The monoisotopic (exact) mass is 424 g/mol. The van der Waals surface area contributed by atoms with Gasteiger partial charge >= 0.3 is 0 Å². The molecule has 2 heterocycles. The van der Waals surface area contributed by atoms with Crippen LogP contribution in [0, 0.1) is 22.9 Å². The smallest absolute Gasteiger partial charge is 0.266 e. The fourth-order valence-corrected chi connectivity index (χ4v) is 4.09. The maximum absolute atomic E-state index is 15.0. The van der Waals surface area contributed by atoms with Crippen molar-refractivity contribution in [1.29, 1.82) is 0 Å². The number of halogens is 2. The fraction of sp³-hybridized carbons (Fsp3) is 0.474. The molecule has 2 fully saturated rings. The van der Waals surface area contributed by atoms with Gasteiger partial charge in [0.15, 0.2) is 0 Å². The Kier molecular flexibility index (Phi) is 5.64. The predicted octanol–water partition coefficient (Wildman–Crippen LogP) is 2.20. The molecule has 1 aliphatic carbocycles. The number of nitrogens with zero attached hydrogens (tertiary/aromatic N) is 3. The van der Waals surface area contributed by atoms with Crippen LogP contribution in [0.15, 0.2) is 17.1 Å². The van der Waals surface area contributed by atoms with Crippen LogP contribution in [-0.4, -0.2) is 40.9 Å². The summed E-state index contributed by atoms with van der Waals surface area (Å²) in [5.74, 6) is -1.41. The van der Waals surface area contributed by atoms with Crippen LogP contribution in [-0.2, 0) is 0 Å². The molecule has 1 aliphatic heterocycles. The molecule has 156 valence electrons. The maximum Gasteiger partial charge on any atom is 0.266 e. The average Bonchev–Trinajstić information content (AvgIpc) is 3.37. The Balaban J connectivity index is 0.00000240. The van der Waals surface area contributed by atoms with E-state index in [2.05, 4.69) is 0 Å². The van der Waals surface area contributed by atoms with Gasteiger partial charge < -0.3 is 15.2 Å². The van der Waals surface area contributed by atoms with Gasteiger partial charge in [-0.1, -0.05) is 0 Å². The fourth-order valence-electron chi connectivity index (χ4n) is 4.09. The number of hydrogen-bond acceptors (Lipinski definition) is 6. The number of nitrogens with two attached hydrogens (primary N) is 1. The van der Waals surface area contributed by atoms with Crippen LogP contribution in [0.3, 0.4) is 0 Å². The van der Waals surface area contributed by atoms with Gasteiger partial charge in [-0.25, -0.2) is 4.39 Å². The van der Waals surface area contributed by atoms with Gasteiger partial charge in [0, 0.05) is 41.7 Å². The Morgan fingerprint density at radius 1 is 1.38 bits per heavy atom. The zero-order chi connectivity index (χ0) is 20.2. The van der Waals surface area contributed by atoms with Gasteiger partial charge in [0.1, 0.15) is 5.82 Å². The normalized spacial score (nSPS) is 18.7. The molecule has 8 nitrogen and oxygen atoms in total. The van der Waals surface area contributed by atoms with Crippen LogP contribution < -0.4 is 16.1 Å². The number of nitro groups is 1. The number of aryl methyl sites for hydroxylation is 1. The number of carbonyl (C=O) groups excluding carboxylic acids is 1. The summed E-state index contributed by atoms with van der Waals surface area (Å²) < 4.78 is 16.8. The lowest BCUT2D eigenvalue weighted by molar-refractivity contribution is -0.465. The van der Waals surface area contributed by atoms with Crippen LogP contribution in [0.25, 0.3) is 10.9 Å². The third kappa shape index (κ3) is 3.72. The molecule has 1 saturated carbocycles. The highest BCUT2D eigenvalue weighted by atomic mass is 35.5. The molecule has 1 aromatic carbocycles. The van der Waals surface area contributed by atoms with Crippen molar-refractivity contribution < 1.29 is 14.1 Å². The highest BCUT2D eigenvalue weighted by Crippen LogP contribution is 2.40. The number of aromatic nitrogens is 1. The largest absolute Gasteiger partial charge is 0.367 e. The SMILES string of the molecule is Cc1c(N2CC[C@@H](N)C2)c(F)cc2c(=O)c(C(=O)C[N+](=O)[O-])cn(C3CC3)c12.Cl. The van der Waals surface area contributed by atoms with E-state index in [1.54, 1.807) is 6.92 Å². The molecule has 2 aliphatic rings. The Morgan fingerprint density at radius 2 is 2.07 bits per heavy atom. The number of carbonyl (C=O) groups is 1. The van der Waals surface area contributed by atoms with Gasteiger partial charge in [-0.2, -0.15) is 0 Å². The number of Topliss-reactive ketones (excluding diaryl/α,β-unsaturated/α-hetero) is 1. The molecule has 0 spiro atoms. The first-order chi connectivity index (χ1) is 13.3. The van der Waals surface area contributed by atoms with E-state index in [-0.39, 0.29) is 35.4 Å². The maximum atomic E-state index is 15.0. The third-order valence-electron chi connectivity index (χ3n) is 5.53. The zero-order valence-electron chi connectivity index (χ0n) is 15.9. The molecule has 1 aromatic heterocycles. The van der Waals surface area contributed by atoms with E-state index >= 15 is 4.39 Å². The van der Waals surface area contributed by atoms with Crippen LogP contribution in [0.2, 0.25) is 0 Å². The topological polar surface area (TPSA) is 111 Å². The summed E-state index contributed by atoms with van der Waals surface area (Å²) in [6, 6.07) is 1.23. The third-order valence-corrected chi connectivity index (χ3v) is 5.53. The zero-order valence-corrected chi connectivity index (χ0v) is 16.7. The number of rotatable bonds is 5. The molecule has 0 unspecified atom stereocenters. The molecule has 0 amide bonds. The van der Waals surface area contributed by atoms with E-state index in [0.29, 0.717) is 29.9 Å². The number of pyridine rings is 1. The molecule has 10 heteroatoms. The lowest BCUT2D eigenvalue weighted by Crippen LogP contribution is -2.28. The van der Waals surface area contributed by atoms with Gasteiger partial charge in [0.2, 0.25) is 11.2 Å². The van der Waals surface area contributed by atoms with E-state index < -0.39 is 28.5 Å². The van der Waals surface area contributed by atoms with E-state index in [1.807, 2.05) is 9.47 Å². The van der Waals surface area contributed by atoms with Crippen molar-refractivity contribution in [1.82, 2.24) is 4.57 Å². The average molecular weight is 425 g/mol. The van der Waals surface area contributed by atoms with Crippen molar-refractivity contribution >= 4 is 34.8 Å². The van der Waals surface area contributed by atoms with Crippen LogP contribution in [0.1, 0.15) is 41.2 Å². The minimum atomic E-state index is -0.962. The molecule has 2 N–H and O–H groups in total. The highest BCUT2D eigenvalue weighted by Gasteiger charge is 2.31. The summed E-state index contributed by atoms with van der Waals surface area (Å²) in [5, 5.41) is 10.8. The van der Waals surface area contributed by atoms with Gasteiger partial charge in [0.25, 0.3) is 6.54 Å². The van der Waals surface area contributed by atoms with E-state index in [9.17, 15) is 19.7 Å². The Labute approximate surface area is 172 Å². The lowest BCUT2D eigenvalue weighted by atomic mass is 10.0.